The van der Waals surface area contributed by atoms with Crippen LogP contribution in [0.4, 0.5) is 0 Å². The molecule has 0 radical (unpaired) electrons. The Morgan fingerprint density at radius 1 is 1.50 bits per heavy atom. The van der Waals surface area contributed by atoms with Gasteiger partial charge in [-0.05, 0) is 26.7 Å². The van der Waals surface area contributed by atoms with Gasteiger partial charge in [-0.15, -0.1) is 0 Å². The lowest BCUT2D eigenvalue weighted by molar-refractivity contribution is 0.0118. The van der Waals surface area contributed by atoms with Crippen molar-refractivity contribution in [2.75, 3.05) is 24.4 Å². The van der Waals surface area contributed by atoms with Crippen molar-refractivity contribution < 1.29 is 4.74 Å². The molecule has 16 heavy (non-hydrogen) atoms. The van der Waals surface area contributed by atoms with Crippen LogP contribution in [0.25, 0.3) is 0 Å². The minimum Gasteiger partial charge on any atom is -0.379 e. The third-order valence-electron chi connectivity index (χ3n) is 3.11. The van der Waals surface area contributed by atoms with Gasteiger partial charge in [0.05, 0.1) is 5.60 Å². The molecule has 0 aliphatic carbocycles. The second kappa shape index (κ2) is 7.11. The lowest BCUT2D eigenvalue weighted by Gasteiger charge is -2.31. The highest BCUT2D eigenvalue weighted by molar-refractivity contribution is 8.06. The fraction of sp³-hybridized carbons (Fsp3) is 1.00. The van der Waals surface area contributed by atoms with Gasteiger partial charge in [-0.3, -0.25) is 11.3 Å². The summed E-state index contributed by atoms with van der Waals surface area (Å²) in [6.07, 6.45) is 2.12. The zero-order valence-corrected chi connectivity index (χ0v) is 12.1. The maximum absolute atomic E-state index is 5.66. The predicted molar refractivity (Wildman–Crippen MR) is 75.0 cm³/mol. The van der Waals surface area contributed by atoms with E-state index in [4.69, 9.17) is 10.6 Å². The quantitative estimate of drug-likeness (QED) is 0.566. The SMILES string of the molecule is COC(C)(C)CCC(NN)C1CSCCS1. The average Bonchev–Trinajstić information content (AvgIpc) is 2.31. The van der Waals surface area contributed by atoms with Gasteiger partial charge in [0.25, 0.3) is 0 Å². The van der Waals surface area contributed by atoms with Crippen LogP contribution in [0.3, 0.4) is 0 Å². The molecule has 0 aromatic rings. The van der Waals surface area contributed by atoms with E-state index in [1.165, 1.54) is 17.3 Å². The summed E-state index contributed by atoms with van der Waals surface area (Å²) in [5.74, 6) is 9.41. The first-order valence-electron chi connectivity index (χ1n) is 5.79. The molecule has 1 saturated heterocycles. The van der Waals surface area contributed by atoms with Crippen LogP contribution in [0, 0.1) is 0 Å². The van der Waals surface area contributed by atoms with Crippen LogP contribution < -0.4 is 11.3 Å². The summed E-state index contributed by atoms with van der Waals surface area (Å²) >= 11 is 4.09. The van der Waals surface area contributed by atoms with Gasteiger partial charge in [-0.1, -0.05) is 0 Å². The van der Waals surface area contributed by atoms with Gasteiger partial charge in [0.2, 0.25) is 0 Å². The first-order chi connectivity index (χ1) is 7.59. The summed E-state index contributed by atoms with van der Waals surface area (Å²) in [7, 11) is 1.77. The Labute approximate surface area is 108 Å². The van der Waals surface area contributed by atoms with E-state index in [9.17, 15) is 0 Å². The predicted octanol–water partition coefficient (Wildman–Crippen LogP) is 1.87. The van der Waals surface area contributed by atoms with Crippen LogP contribution in [-0.2, 0) is 4.74 Å². The highest BCUT2D eigenvalue weighted by Gasteiger charge is 2.26. The van der Waals surface area contributed by atoms with E-state index in [1.54, 1.807) is 7.11 Å². The summed E-state index contributed by atoms with van der Waals surface area (Å²) in [5.41, 5.74) is 2.94. The molecule has 0 spiro atoms. The Kier molecular flexibility index (Phi) is 6.51. The topological polar surface area (TPSA) is 47.3 Å². The molecule has 0 bridgehead atoms. The maximum atomic E-state index is 5.66. The average molecular weight is 264 g/mol. The molecule has 1 aliphatic rings. The summed E-state index contributed by atoms with van der Waals surface area (Å²) in [6, 6.07) is 0.409. The first kappa shape index (κ1) is 14.6. The van der Waals surface area contributed by atoms with Crippen molar-refractivity contribution >= 4 is 23.5 Å². The summed E-state index contributed by atoms with van der Waals surface area (Å²) < 4.78 is 5.44. The molecular weight excluding hydrogens is 240 g/mol. The van der Waals surface area contributed by atoms with Crippen molar-refractivity contribution in [3.8, 4) is 0 Å². The number of ether oxygens (including phenoxy) is 1. The lowest BCUT2D eigenvalue weighted by Crippen LogP contribution is -2.45. The first-order valence-corrected chi connectivity index (χ1v) is 8.00. The van der Waals surface area contributed by atoms with Crippen molar-refractivity contribution in [2.45, 2.75) is 43.6 Å². The van der Waals surface area contributed by atoms with Crippen LogP contribution >= 0.6 is 23.5 Å². The zero-order chi connectivity index (χ0) is 12.0. The van der Waals surface area contributed by atoms with E-state index in [2.05, 4.69) is 19.3 Å². The van der Waals surface area contributed by atoms with Gasteiger partial charge in [0, 0.05) is 35.7 Å². The van der Waals surface area contributed by atoms with Crippen LogP contribution in [-0.4, -0.2) is 41.3 Å². The smallest absolute Gasteiger partial charge is 0.0623 e. The number of nitrogens with one attached hydrogen (secondary N) is 1. The van der Waals surface area contributed by atoms with Crippen molar-refractivity contribution in [1.82, 2.24) is 5.43 Å². The van der Waals surface area contributed by atoms with Gasteiger partial charge in [-0.25, -0.2) is 0 Å². The molecule has 1 fully saturated rings. The molecular formula is C11H24N2OS2. The van der Waals surface area contributed by atoms with Crippen LogP contribution in [0.2, 0.25) is 0 Å². The largest absolute Gasteiger partial charge is 0.379 e. The Morgan fingerprint density at radius 3 is 2.75 bits per heavy atom. The molecule has 3 nitrogen and oxygen atoms in total. The fourth-order valence-corrected chi connectivity index (χ4v) is 4.63. The molecule has 0 aromatic carbocycles. The third-order valence-corrected chi connectivity index (χ3v) is 6.03. The molecule has 2 unspecified atom stereocenters. The highest BCUT2D eigenvalue weighted by atomic mass is 32.2. The van der Waals surface area contributed by atoms with Crippen LogP contribution in [0.15, 0.2) is 0 Å². The Balaban J connectivity index is 2.36. The summed E-state index contributed by atoms with van der Waals surface area (Å²) in [4.78, 5) is 0. The molecule has 0 amide bonds. The van der Waals surface area contributed by atoms with Crippen molar-refractivity contribution in [2.24, 2.45) is 5.84 Å². The van der Waals surface area contributed by atoms with Crippen molar-refractivity contribution in [3.05, 3.63) is 0 Å². The molecule has 96 valence electrons. The van der Waals surface area contributed by atoms with Gasteiger partial charge in [-0.2, -0.15) is 23.5 Å². The van der Waals surface area contributed by atoms with Crippen LogP contribution in [0.5, 0.6) is 0 Å². The minimum absolute atomic E-state index is 0.0401. The second-order valence-corrected chi connectivity index (χ2v) is 7.26. The molecule has 5 heteroatoms. The van der Waals surface area contributed by atoms with Gasteiger partial charge in [0.15, 0.2) is 0 Å². The van der Waals surface area contributed by atoms with Gasteiger partial charge < -0.3 is 4.74 Å². The molecule has 3 N–H and O–H groups in total. The zero-order valence-electron chi connectivity index (χ0n) is 10.5. The number of hydrogen-bond acceptors (Lipinski definition) is 5. The molecule has 0 saturated carbocycles. The maximum Gasteiger partial charge on any atom is 0.0623 e. The monoisotopic (exact) mass is 264 g/mol. The number of nitrogens with two attached hydrogens (primary N) is 1. The summed E-state index contributed by atoms with van der Waals surface area (Å²) in [6.45, 7) is 4.26. The van der Waals surface area contributed by atoms with Crippen molar-refractivity contribution in [3.63, 3.8) is 0 Å². The Hall–Kier alpha value is 0.580. The van der Waals surface area contributed by atoms with E-state index < -0.39 is 0 Å². The Morgan fingerprint density at radius 2 is 2.25 bits per heavy atom. The fourth-order valence-electron chi connectivity index (χ4n) is 1.72. The number of rotatable bonds is 6. The number of hydrogen-bond donors (Lipinski definition) is 2. The normalized spacial score (nSPS) is 24.4. The molecule has 0 aromatic heterocycles. The van der Waals surface area contributed by atoms with E-state index in [-0.39, 0.29) is 5.60 Å². The number of hydrazine groups is 1. The van der Waals surface area contributed by atoms with Crippen LogP contribution in [0.1, 0.15) is 26.7 Å². The van der Waals surface area contributed by atoms with Gasteiger partial charge >= 0.3 is 0 Å². The highest BCUT2D eigenvalue weighted by Crippen LogP contribution is 2.29. The molecule has 1 rings (SSSR count). The lowest BCUT2D eigenvalue weighted by atomic mass is 9.98. The van der Waals surface area contributed by atoms with E-state index in [0.717, 1.165) is 12.8 Å². The molecule has 1 heterocycles. The second-order valence-electron chi connectivity index (χ2n) is 4.76. The molecule has 2 atom stereocenters. The van der Waals surface area contributed by atoms with E-state index in [0.29, 0.717) is 11.3 Å². The third kappa shape index (κ3) is 4.84. The number of thioether (sulfide) groups is 2. The van der Waals surface area contributed by atoms with E-state index >= 15 is 0 Å². The minimum atomic E-state index is -0.0401. The van der Waals surface area contributed by atoms with Crippen molar-refractivity contribution in [1.29, 1.82) is 0 Å². The standard InChI is InChI=1S/C11H24N2OS2/c1-11(2,14-3)5-4-9(13-12)10-8-15-6-7-16-10/h9-10,13H,4-8,12H2,1-3H3. The number of methoxy groups -OCH3 is 1. The molecule has 1 aliphatic heterocycles. The van der Waals surface area contributed by atoms with E-state index in [1.807, 2.05) is 23.5 Å². The van der Waals surface area contributed by atoms with Gasteiger partial charge in [0.1, 0.15) is 0 Å². The Bertz CT molecular complexity index is 196. The summed E-state index contributed by atoms with van der Waals surface area (Å²) in [5, 5.41) is 0.649.